The van der Waals surface area contributed by atoms with Crippen molar-refractivity contribution < 1.29 is 4.21 Å². The molecule has 0 spiro atoms. The van der Waals surface area contributed by atoms with Crippen LogP contribution in [0.5, 0.6) is 0 Å². The first-order valence-electron chi connectivity index (χ1n) is 8.75. The third kappa shape index (κ3) is 13.2. The molecule has 0 aliphatic rings. The zero-order valence-electron chi connectivity index (χ0n) is 15.9. The summed E-state index contributed by atoms with van der Waals surface area (Å²) in [6, 6.07) is 0. The van der Waals surface area contributed by atoms with Crippen molar-refractivity contribution in [1.82, 2.24) is 10.6 Å². The van der Waals surface area contributed by atoms with Crippen molar-refractivity contribution in [2.45, 2.75) is 72.0 Å². The average molecular weight is 459 g/mol. The summed E-state index contributed by atoms with van der Waals surface area (Å²) in [4.78, 5) is 4.69. The Morgan fingerprint density at radius 3 is 2.30 bits per heavy atom. The molecule has 0 bridgehead atoms. The van der Waals surface area contributed by atoms with Crippen LogP contribution in [0, 0.1) is 5.92 Å². The summed E-state index contributed by atoms with van der Waals surface area (Å²) in [6.45, 7) is 15.0. The summed E-state index contributed by atoms with van der Waals surface area (Å²) in [6.07, 6.45) is 4.96. The third-order valence-electron chi connectivity index (χ3n) is 3.66. The first kappa shape index (κ1) is 25.4. The van der Waals surface area contributed by atoms with Gasteiger partial charge in [-0.1, -0.05) is 33.1 Å². The Morgan fingerprint density at radius 1 is 1.17 bits per heavy atom. The monoisotopic (exact) mass is 459 g/mol. The van der Waals surface area contributed by atoms with Gasteiger partial charge in [-0.25, -0.2) is 0 Å². The Labute approximate surface area is 163 Å². The molecular formula is C17H38IN3OS. The van der Waals surface area contributed by atoms with Gasteiger partial charge in [0.25, 0.3) is 0 Å². The van der Waals surface area contributed by atoms with Gasteiger partial charge in [0.15, 0.2) is 5.96 Å². The minimum Gasteiger partial charge on any atom is -0.357 e. The van der Waals surface area contributed by atoms with Gasteiger partial charge in [-0.15, -0.1) is 24.0 Å². The van der Waals surface area contributed by atoms with Gasteiger partial charge in [0.05, 0.1) is 0 Å². The van der Waals surface area contributed by atoms with Crippen LogP contribution in [0.3, 0.4) is 0 Å². The van der Waals surface area contributed by atoms with Crippen LogP contribution in [0.15, 0.2) is 4.99 Å². The number of unbranched alkanes of at least 4 members (excludes halogenated alkanes) is 1. The number of hydrogen-bond donors (Lipinski definition) is 2. The van der Waals surface area contributed by atoms with Gasteiger partial charge in [-0.2, -0.15) is 0 Å². The summed E-state index contributed by atoms with van der Waals surface area (Å²) in [5.41, 5.74) is 0. The number of guanidine groups is 1. The van der Waals surface area contributed by atoms with Gasteiger partial charge >= 0.3 is 0 Å². The van der Waals surface area contributed by atoms with E-state index in [1.165, 1.54) is 25.7 Å². The number of rotatable bonds is 10. The molecule has 0 aromatic heterocycles. The highest BCUT2D eigenvalue weighted by atomic mass is 127. The van der Waals surface area contributed by atoms with Gasteiger partial charge in [0, 0.05) is 40.9 Å². The maximum atomic E-state index is 12.0. The highest BCUT2D eigenvalue weighted by Crippen LogP contribution is 2.13. The Bertz CT molecular complexity index is 343. The zero-order valence-corrected chi connectivity index (χ0v) is 19.1. The second kappa shape index (κ2) is 14.5. The van der Waals surface area contributed by atoms with Crippen molar-refractivity contribution in [3.63, 3.8) is 0 Å². The van der Waals surface area contributed by atoms with Gasteiger partial charge in [0.1, 0.15) is 0 Å². The number of nitrogens with zero attached hydrogens (tertiary/aromatic N) is 1. The van der Waals surface area contributed by atoms with Gasteiger partial charge in [-0.3, -0.25) is 9.20 Å². The van der Waals surface area contributed by atoms with Gasteiger partial charge in [-0.05, 0) is 40.0 Å². The molecule has 0 radical (unpaired) electrons. The predicted octanol–water partition coefficient (Wildman–Crippen LogP) is 3.92. The van der Waals surface area contributed by atoms with E-state index in [0.717, 1.165) is 19.0 Å². The van der Waals surface area contributed by atoms with Crippen LogP contribution in [-0.4, -0.2) is 40.3 Å². The van der Waals surface area contributed by atoms with Crippen LogP contribution in [-0.2, 0) is 10.8 Å². The highest BCUT2D eigenvalue weighted by Gasteiger charge is 2.18. The Kier molecular flexibility index (Phi) is 16.0. The van der Waals surface area contributed by atoms with E-state index in [0.29, 0.717) is 18.2 Å². The normalized spacial score (nSPS) is 14.8. The quantitative estimate of drug-likeness (QED) is 0.296. The molecule has 6 heteroatoms. The molecule has 0 aliphatic heterocycles. The second-order valence-electron chi connectivity index (χ2n) is 6.72. The molecule has 0 saturated carbocycles. The molecule has 0 aromatic rings. The second-order valence-corrected chi connectivity index (χ2v) is 9.05. The van der Waals surface area contributed by atoms with E-state index >= 15 is 0 Å². The molecule has 0 amide bonds. The number of aliphatic imine (C=N–C) groups is 1. The molecule has 0 fully saturated rings. The van der Waals surface area contributed by atoms with Crippen molar-refractivity contribution in [3.05, 3.63) is 0 Å². The largest absolute Gasteiger partial charge is 0.357 e. The number of halogens is 1. The van der Waals surface area contributed by atoms with Crippen molar-refractivity contribution in [3.8, 4) is 0 Å². The molecule has 0 saturated heterocycles. The first-order valence-corrected chi connectivity index (χ1v) is 10.1. The summed E-state index contributed by atoms with van der Waals surface area (Å²) in [5.74, 6) is 2.17. The van der Waals surface area contributed by atoms with E-state index in [1.54, 1.807) is 0 Å². The molecule has 23 heavy (non-hydrogen) atoms. The molecule has 0 aromatic carbocycles. The standard InChI is InChI=1S/C17H37N3OS.HI/c1-7-10-11-15(8-2)14-20-16(18-9-3)19-12-13-22(21)17(4,5)6;/h15H,7-14H2,1-6H3,(H2,18,19,20);1H. The molecule has 4 nitrogen and oxygen atoms in total. The molecular weight excluding hydrogens is 421 g/mol. The van der Waals surface area contributed by atoms with E-state index in [9.17, 15) is 4.21 Å². The van der Waals surface area contributed by atoms with E-state index < -0.39 is 10.8 Å². The maximum absolute atomic E-state index is 12.0. The minimum atomic E-state index is -0.822. The van der Waals surface area contributed by atoms with E-state index in [1.807, 2.05) is 20.8 Å². The molecule has 0 heterocycles. The molecule has 0 aliphatic carbocycles. The molecule has 140 valence electrons. The van der Waals surface area contributed by atoms with Crippen LogP contribution < -0.4 is 10.6 Å². The highest BCUT2D eigenvalue weighted by molar-refractivity contribution is 14.0. The summed E-state index contributed by atoms with van der Waals surface area (Å²) >= 11 is 0. The van der Waals surface area contributed by atoms with E-state index in [2.05, 4.69) is 31.4 Å². The lowest BCUT2D eigenvalue weighted by molar-refractivity contribution is 0.461. The Hall–Kier alpha value is 0.150. The predicted molar refractivity (Wildman–Crippen MR) is 115 cm³/mol. The van der Waals surface area contributed by atoms with Crippen molar-refractivity contribution >= 4 is 40.7 Å². The lowest BCUT2D eigenvalue weighted by Crippen LogP contribution is -2.40. The third-order valence-corrected chi connectivity index (χ3v) is 5.60. The fraction of sp³-hybridized carbons (Fsp3) is 0.941. The van der Waals surface area contributed by atoms with E-state index in [4.69, 9.17) is 4.99 Å². The molecule has 2 unspecified atom stereocenters. The lowest BCUT2D eigenvalue weighted by Gasteiger charge is -2.19. The number of nitrogens with one attached hydrogen (secondary N) is 2. The fourth-order valence-electron chi connectivity index (χ4n) is 2.05. The van der Waals surface area contributed by atoms with Crippen molar-refractivity contribution in [2.75, 3.05) is 25.4 Å². The van der Waals surface area contributed by atoms with Crippen LogP contribution in [0.1, 0.15) is 67.2 Å². The van der Waals surface area contributed by atoms with E-state index in [-0.39, 0.29) is 28.7 Å². The minimum absolute atomic E-state index is 0. The molecule has 0 rings (SSSR count). The van der Waals surface area contributed by atoms with Crippen LogP contribution in [0.4, 0.5) is 0 Å². The summed E-state index contributed by atoms with van der Waals surface area (Å²) in [5, 5.41) is 6.58. The molecule has 2 N–H and O–H groups in total. The van der Waals surface area contributed by atoms with Gasteiger partial charge < -0.3 is 10.6 Å². The first-order chi connectivity index (χ1) is 10.3. The number of hydrogen-bond acceptors (Lipinski definition) is 2. The zero-order chi connectivity index (χ0) is 17.0. The van der Waals surface area contributed by atoms with Crippen molar-refractivity contribution in [1.29, 1.82) is 0 Å². The van der Waals surface area contributed by atoms with Crippen LogP contribution in [0.2, 0.25) is 0 Å². The maximum Gasteiger partial charge on any atom is 0.191 e. The topological polar surface area (TPSA) is 53.5 Å². The summed E-state index contributed by atoms with van der Waals surface area (Å²) < 4.78 is 11.9. The Morgan fingerprint density at radius 2 is 1.83 bits per heavy atom. The smallest absolute Gasteiger partial charge is 0.191 e. The van der Waals surface area contributed by atoms with Crippen LogP contribution in [0.25, 0.3) is 0 Å². The van der Waals surface area contributed by atoms with Crippen molar-refractivity contribution in [2.24, 2.45) is 10.9 Å². The van der Waals surface area contributed by atoms with Crippen LogP contribution >= 0.6 is 24.0 Å². The average Bonchev–Trinajstić information content (AvgIpc) is 2.46. The molecule has 2 atom stereocenters. The van der Waals surface area contributed by atoms with Gasteiger partial charge in [0.2, 0.25) is 0 Å². The Balaban J connectivity index is 0. The SMILES string of the molecule is CCCCC(CC)CN=C(NCC)NCCS(=O)C(C)(C)C.I. The summed E-state index contributed by atoms with van der Waals surface area (Å²) in [7, 11) is -0.822. The lowest BCUT2D eigenvalue weighted by atomic mass is 10.00. The fourth-order valence-corrected chi connectivity index (χ4v) is 2.95.